The highest BCUT2D eigenvalue weighted by molar-refractivity contribution is 5.89. The van der Waals surface area contributed by atoms with Crippen LogP contribution in [0.4, 0.5) is 0 Å². The van der Waals surface area contributed by atoms with Crippen LogP contribution in [0.1, 0.15) is 36.2 Å². The second kappa shape index (κ2) is 5.47. The van der Waals surface area contributed by atoms with Gasteiger partial charge in [-0.2, -0.15) is 5.10 Å². The Morgan fingerprint density at radius 1 is 1.24 bits per heavy atom. The van der Waals surface area contributed by atoms with Crippen molar-refractivity contribution in [1.82, 2.24) is 9.78 Å². The van der Waals surface area contributed by atoms with E-state index in [1.165, 1.54) is 23.0 Å². The number of phenolic OH excluding ortho intramolecular Hbond substituents is 1. The monoisotopic (exact) mass is 288 g/mol. The number of aromatic hydroxyl groups is 1. The average Bonchev–Trinajstić information content (AvgIpc) is 3.09. The average molecular weight is 288 g/mol. The molecule has 0 radical (unpaired) electrons. The van der Waals surface area contributed by atoms with E-state index >= 15 is 0 Å². The Morgan fingerprint density at radius 2 is 1.90 bits per heavy atom. The molecule has 1 saturated carbocycles. The molecular weight excluding hydrogens is 272 g/mol. The summed E-state index contributed by atoms with van der Waals surface area (Å²) in [6, 6.07) is 6.18. The Balaban J connectivity index is 1.95. The summed E-state index contributed by atoms with van der Waals surface area (Å²) in [4.78, 5) is 11.5. The largest absolute Gasteiger partial charge is 0.508 e. The van der Waals surface area contributed by atoms with Gasteiger partial charge in [0, 0.05) is 0 Å². The summed E-state index contributed by atoms with van der Waals surface area (Å²) < 4.78 is 7.09. The van der Waals surface area contributed by atoms with Gasteiger partial charge in [0.2, 0.25) is 0 Å². The van der Waals surface area contributed by atoms with Crippen LogP contribution in [0.15, 0.2) is 30.5 Å². The highest BCUT2D eigenvalue weighted by Gasteiger charge is 2.24. The fourth-order valence-corrected chi connectivity index (χ4v) is 2.59. The maximum absolute atomic E-state index is 11.5. The van der Waals surface area contributed by atoms with E-state index in [2.05, 4.69) is 5.10 Å². The van der Waals surface area contributed by atoms with E-state index in [4.69, 9.17) is 4.74 Å². The molecule has 0 aliphatic heterocycles. The molecule has 0 unspecified atom stereocenters. The lowest BCUT2D eigenvalue weighted by atomic mass is 10.3. The smallest absolute Gasteiger partial charge is 0.358 e. The SMILES string of the molecule is O=C(O)c1c(OC2CCCC2)cnn1-c1ccc(O)cc1. The van der Waals surface area contributed by atoms with E-state index < -0.39 is 5.97 Å². The van der Waals surface area contributed by atoms with Gasteiger partial charge in [-0.05, 0) is 49.9 Å². The fraction of sp³-hybridized carbons (Fsp3) is 0.333. The number of rotatable bonds is 4. The molecule has 110 valence electrons. The summed E-state index contributed by atoms with van der Waals surface area (Å²) in [5.41, 5.74) is 0.569. The third-order valence-electron chi connectivity index (χ3n) is 3.63. The van der Waals surface area contributed by atoms with E-state index in [0.29, 0.717) is 11.4 Å². The lowest BCUT2D eigenvalue weighted by molar-refractivity contribution is 0.0679. The van der Waals surface area contributed by atoms with Gasteiger partial charge in [0.15, 0.2) is 11.4 Å². The topological polar surface area (TPSA) is 84.6 Å². The molecule has 21 heavy (non-hydrogen) atoms. The summed E-state index contributed by atoms with van der Waals surface area (Å²) in [5, 5.41) is 22.8. The molecule has 1 fully saturated rings. The Hall–Kier alpha value is -2.50. The second-order valence-corrected chi connectivity index (χ2v) is 5.12. The third-order valence-corrected chi connectivity index (χ3v) is 3.63. The van der Waals surface area contributed by atoms with Crippen LogP contribution in [0.2, 0.25) is 0 Å². The Kier molecular flexibility index (Phi) is 3.51. The number of benzene rings is 1. The molecule has 1 aliphatic carbocycles. The minimum absolute atomic E-state index is 0.00703. The second-order valence-electron chi connectivity index (χ2n) is 5.12. The number of aromatic carboxylic acids is 1. The van der Waals surface area contributed by atoms with E-state index in [9.17, 15) is 15.0 Å². The van der Waals surface area contributed by atoms with Crippen molar-refractivity contribution < 1.29 is 19.7 Å². The maximum atomic E-state index is 11.5. The van der Waals surface area contributed by atoms with Crippen LogP contribution in [0.3, 0.4) is 0 Å². The zero-order valence-electron chi connectivity index (χ0n) is 11.4. The van der Waals surface area contributed by atoms with Gasteiger partial charge in [0.25, 0.3) is 0 Å². The van der Waals surface area contributed by atoms with Crippen molar-refractivity contribution in [3.63, 3.8) is 0 Å². The molecule has 6 nitrogen and oxygen atoms in total. The van der Waals surface area contributed by atoms with E-state index in [-0.39, 0.29) is 17.5 Å². The number of aromatic nitrogens is 2. The van der Waals surface area contributed by atoms with Crippen LogP contribution >= 0.6 is 0 Å². The van der Waals surface area contributed by atoms with Crippen LogP contribution in [-0.2, 0) is 0 Å². The van der Waals surface area contributed by atoms with Crippen LogP contribution in [0.25, 0.3) is 5.69 Å². The summed E-state index contributed by atoms with van der Waals surface area (Å²) in [6.45, 7) is 0. The maximum Gasteiger partial charge on any atom is 0.358 e. The summed E-state index contributed by atoms with van der Waals surface area (Å²) >= 11 is 0. The number of carboxylic acids is 1. The zero-order chi connectivity index (χ0) is 14.8. The van der Waals surface area contributed by atoms with Gasteiger partial charge in [0.05, 0.1) is 18.0 Å². The highest BCUT2D eigenvalue weighted by atomic mass is 16.5. The number of nitrogens with zero attached hydrogens (tertiary/aromatic N) is 2. The number of hydrogen-bond donors (Lipinski definition) is 2. The standard InChI is InChI=1S/C15H16N2O4/c18-11-7-5-10(6-8-11)17-14(15(19)20)13(9-16-17)21-12-3-1-2-4-12/h5-9,12,18H,1-4H2,(H,19,20). The minimum atomic E-state index is -1.09. The van der Waals surface area contributed by atoms with Gasteiger partial charge in [-0.1, -0.05) is 0 Å². The molecule has 1 aromatic carbocycles. The predicted molar refractivity (Wildman–Crippen MR) is 75.1 cm³/mol. The molecule has 0 atom stereocenters. The number of carboxylic acid groups (broad SMARTS) is 1. The minimum Gasteiger partial charge on any atom is -0.508 e. The number of ether oxygens (including phenoxy) is 1. The summed E-state index contributed by atoms with van der Waals surface area (Å²) in [7, 11) is 0. The molecule has 0 saturated heterocycles. The van der Waals surface area contributed by atoms with Crippen molar-refractivity contribution in [2.75, 3.05) is 0 Å². The van der Waals surface area contributed by atoms with Crippen molar-refractivity contribution in [2.24, 2.45) is 0 Å². The van der Waals surface area contributed by atoms with Gasteiger partial charge in [-0.3, -0.25) is 0 Å². The molecule has 6 heteroatoms. The van der Waals surface area contributed by atoms with Crippen molar-refractivity contribution in [3.05, 3.63) is 36.2 Å². The van der Waals surface area contributed by atoms with Crippen LogP contribution in [0.5, 0.6) is 11.5 Å². The highest BCUT2D eigenvalue weighted by Crippen LogP contribution is 2.28. The molecule has 0 bridgehead atoms. The molecule has 0 amide bonds. The van der Waals surface area contributed by atoms with Gasteiger partial charge in [-0.15, -0.1) is 0 Å². The Morgan fingerprint density at radius 3 is 2.52 bits per heavy atom. The Labute approximate surface area is 121 Å². The molecule has 2 aromatic rings. The lowest BCUT2D eigenvalue weighted by Crippen LogP contribution is -2.14. The number of phenols is 1. The number of carbonyl (C=O) groups is 1. The normalized spacial score (nSPS) is 15.2. The third kappa shape index (κ3) is 2.69. The quantitative estimate of drug-likeness (QED) is 0.903. The van der Waals surface area contributed by atoms with Crippen LogP contribution < -0.4 is 4.74 Å². The van der Waals surface area contributed by atoms with Gasteiger partial charge in [-0.25, -0.2) is 9.48 Å². The van der Waals surface area contributed by atoms with Gasteiger partial charge >= 0.3 is 5.97 Å². The first-order valence-corrected chi connectivity index (χ1v) is 6.92. The Bertz CT molecular complexity index is 642. The summed E-state index contributed by atoms with van der Waals surface area (Å²) in [6.07, 6.45) is 5.63. The molecule has 0 spiro atoms. The van der Waals surface area contributed by atoms with Crippen molar-refractivity contribution >= 4 is 5.97 Å². The first-order valence-electron chi connectivity index (χ1n) is 6.92. The van der Waals surface area contributed by atoms with E-state index in [1.54, 1.807) is 12.1 Å². The summed E-state index contributed by atoms with van der Waals surface area (Å²) in [5.74, 6) is -0.679. The molecule has 2 N–H and O–H groups in total. The van der Waals surface area contributed by atoms with Gasteiger partial charge in [0.1, 0.15) is 5.75 Å². The van der Waals surface area contributed by atoms with E-state index in [0.717, 1.165) is 25.7 Å². The first kappa shape index (κ1) is 13.5. The van der Waals surface area contributed by atoms with Crippen LogP contribution in [0, 0.1) is 0 Å². The predicted octanol–water partition coefficient (Wildman–Crippen LogP) is 2.60. The zero-order valence-corrected chi connectivity index (χ0v) is 11.4. The first-order chi connectivity index (χ1) is 10.1. The van der Waals surface area contributed by atoms with Crippen molar-refractivity contribution in [1.29, 1.82) is 0 Å². The van der Waals surface area contributed by atoms with Gasteiger partial charge < -0.3 is 14.9 Å². The van der Waals surface area contributed by atoms with Crippen molar-refractivity contribution in [2.45, 2.75) is 31.8 Å². The molecule has 1 aromatic heterocycles. The molecular formula is C15H16N2O4. The molecule has 1 heterocycles. The van der Waals surface area contributed by atoms with Crippen molar-refractivity contribution in [3.8, 4) is 17.2 Å². The van der Waals surface area contributed by atoms with Crippen LogP contribution in [-0.4, -0.2) is 32.1 Å². The molecule has 3 rings (SSSR count). The number of hydrogen-bond acceptors (Lipinski definition) is 4. The molecule has 1 aliphatic rings. The lowest BCUT2D eigenvalue weighted by Gasteiger charge is -2.12. The van der Waals surface area contributed by atoms with E-state index in [1.807, 2.05) is 0 Å². The fourth-order valence-electron chi connectivity index (χ4n) is 2.59.